The van der Waals surface area contributed by atoms with Crippen LogP contribution in [-0.4, -0.2) is 41.7 Å². The van der Waals surface area contributed by atoms with E-state index in [1.807, 2.05) is 54.5 Å². The lowest BCUT2D eigenvalue weighted by atomic mass is 9.77. The maximum absolute atomic E-state index is 12.0. The first kappa shape index (κ1) is 19.5. The van der Waals surface area contributed by atoms with Crippen molar-refractivity contribution in [3.05, 3.63) is 23.5 Å². The highest BCUT2D eigenvalue weighted by atomic mass is 16.7. The summed E-state index contributed by atoms with van der Waals surface area (Å²) in [5, 5.41) is 6.43. The molecule has 0 spiro atoms. The molecule has 0 aromatic carbocycles. The Labute approximate surface area is 149 Å². The summed E-state index contributed by atoms with van der Waals surface area (Å²) >= 11 is 0. The van der Waals surface area contributed by atoms with Gasteiger partial charge >= 0.3 is 13.2 Å². The van der Waals surface area contributed by atoms with Gasteiger partial charge in [-0.2, -0.15) is 0 Å². The van der Waals surface area contributed by atoms with Crippen LogP contribution in [0.1, 0.15) is 54.0 Å². The Morgan fingerprint density at radius 3 is 2.36 bits per heavy atom. The fourth-order valence-electron chi connectivity index (χ4n) is 2.18. The van der Waals surface area contributed by atoms with Gasteiger partial charge in [0.25, 0.3) is 0 Å². The van der Waals surface area contributed by atoms with Gasteiger partial charge in [-0.05, 0) is 53.9 Å². The van der Waals surface area contributed by atoms with Gasteiger partial charge in [-0.3, -0.25) is 0 Å². The molecule has 1 saturated heterocycles. The van der Waals surface area contributed by atoms with Gasteiger partial charge in [0.2, 0.25) is 0 Å². The Bertz CT molecular complexity index is 616. The van der Waals surface area contributed by atoms with Crippen molar-refractivity contribution >= 4 is 19.3 Å². The highest BCUT2D eigenvalue weighted by molar-refractivity contribution is 6.56. The van der Waals surface area contributed by atoms with Crippen molar-refractivity contribution in [3.8, 4) is 0 Å². The second-order valence-electron chi connectivity index (χ2n) is 8.12. The number of amides is 1. The minimum atomic E-state index is -0.588. The number of ether oxygens (including phenoxy) is 1. The number of rotatable bonds is 4. The molecular weight excluding hydrogens is 323 g/mol. The molecule has 1 fully saturated rings. The first-order valence-electron chi connectivity index (χ1n) is 8.32. The van der Waals surface area contributed by atoms with Crippen LogP contribution in [0.5, 0.6) is 0 Å². The SMILES string of the molecule is CC(C)(C)OC(=O)NCC(=Cc1cnoc1)B1OC(C)(C)C(C)(C)O1. The molecule has 2 heterocycles. The molecule has 0 radical (unpaired) electrons. The number of nitrogens with zero attached hydrogens (tertiary/aromatic N) is 1. The van der Waals surface area contributed by atoms with Crippen LogP contribution in [-0.2, 0) is 14.0 Å². The molecule has 0 bridgehead atoms. The van der Waals surface area contributed by atoms with Crippen molar-refractivity contribution in [2.75, 3.05) is 6.54 Å². The van der Waals surface area contributed by atoms with Gasteiger partial charge in [-0.25, -0.2) is 4.79 Å². The second kappa shape index (κ2) is 6.84. The Kier molecular flexibility index (Phi) is 5.34. The predicted octanol–water partition coefficient (Wildman–Crippen LogP) is 3.21. The average molecular weight is 350 g/mol. The number of hydrogen-bond acceptors (Lipinski definition) is 6. The van der Waals surface area contributed by atoms with E-state index in [1.54, 1.807) is 6.20 Å². The van der Waals surface area contributed by atoms with Gasteiger partial charge in [0.05, 0.1) is 17.4 Å². The van der Waals surface area contributed by atoms with Crippen LogP contribution in [0.15, 0.2) is 22.5 Å². The maximum Gasteiger partial charge on any atom is 0.492 e. The molecule has 1 aliphatic rings. The van der Waals surface area contributed by atoms with Crippen molar-refractivity contribution < 1.29 is 23.4 Å². The van der Waals surface area contributed by atoms with Gasteiger partial charge in [-0.15, -0.1) is 0 Å². The highest BCUT2D eigenvalue weighted by Gasteiger charge is 2.52. The summed E-state index contributed by atoms with van der Waals surface area (Å²) in [7, 11) is -0.588. The summed E-state index contributed by atoms with van der Waals surface area (Å²) in [5.41, 5.74) is -0.00932. The Balaban J connectivity index is 2.14. The van der Waals surface area contributed by atoms with Crippen LogP contribution in [0.4, 0.5) is 4.79 Å². The van der Waals surface area contributed by atoms with Crippen LogP contribution in [0.3, 0.4) is 0 Å². The fraction of sp³-hybridized carbons (Fsp3) is 0.647. The smallest absolute Gasteiger partial charge is 0.444 e. The van der Waals surface area contributed by atoms with Crippen molar-refractivity contribution in [2.45, 2.75) is 65.3 Å². The van der Waals surface area contributed by atoms with Crippen molar-refractivity contribution in [2.24, 2.45) is 0 Å². The minimum Gasteiger partial charge on any atom is -0.444 e. The van der Waals surface area contributed by atoms with E-state index in [9.17, 15) is 4.79 Å². The van der Waals surface area contributed by atoms with Crippen LogP contribution >= 0.6 is 0 Å². The summed E-state index contributed by atoms with van der Waals surface area (Å²) in [6.07, 6.45) is 4.42. The molecule has 0 atom stereocenters. The van der Waals surface area contributed by atoms with Crippen LogP contribution < -0.4 is 5.32 Å². The third-order valence-electron chi connectivity index (χ3n) is 4.20. The number of hydrogen-bond donors (Lipinski definition) is 1. The van der Waals surface area contributed by atoms with Crippen molar-refractivity contribution in [3.63, 3.8) is 0 Å². The fourth-order valence-corrected chi connectivity index (χ4v) is 2.18. The van der Waals surface area contributed by atoms with Crippen LogP contribution in [0.25, 0.3) is 6.08 Å². The molecule has 1 amide bonds. The molecule has 1 N–H and O–H groups in total. The average Bonchev–Trinajstić information content (AvgIpc) is 2.99. The molecule has 1 aromatic heterocycles. The first-order valence-corrected chi connectivity index (χ1v) is 8.32. The normalized spacial score (nSPS) is 19.8. The Hall–Kier alpha value is -1.80. The summed E-state index contributed by atoms with van der Waals surface area (Å²) < 4.78 is 22.3. The molecular formula is C17H27BN2O5. The maximum atomic E-state index is 12.0. The molecule has 0 unspecified atom stereocenters. The zero-order valence-electron chi connectivity index (χ0n) is 16.0. The van der Waals surface area contributed by atoms with Crippen LogP contribution in [0, 0.1) is 0 Å². The van der Waals surface area contributed by atoms with Crippen molar-refractivity contribution in [1.29, 1.82) is 0 Å². The summed E-state index contributed by atoms with van der Waals surface area (Å²) in [4.78, 5) is 12.0. The van der Waals surface area contributed by atoms with Gasteiger partial charge in [0.1, 0.15) is 11.9 Å². The van der Waals surface area contributed by atoms with Gasteiger partial charge in [0.15, 0.2) is 0 Å². The van der Waals surface area contributed by atoms with Gasteiger partial charge < -0.3 is 23.9 Å². The van der Waals surface area contributed by atoms with E-state index >= 15 is 0 Å². The van der Waals surface area contributed by atoms with E-state index in [2.05, 4.69) is 10.5 Å². The molecule has 7 nitrogen and oxygen atoms in total. The van der Waals surface area contributed by atoms with Gasteiger partial charge in [-0.1, -0.05) is 11.2 Å². The van der Waals surface area contributed by atoms with E-state index in [4.69, 9.17) is 18.6 Å². The Morgan fingerprint density at radius 2 is 1.88 bits per heavy atom. The first-order chi connectivity index (χ1) is 11.4. The van der Waals surface area contributed by atoms with E-state index in [1.165, 1.54) is 6.26 Å². The molecule has 0 saturated carbocycles. The lowest BCUT2D eigenvalue weighted by Crippen LogP contribution is -2.41. The molecule has 25 heavy (non-hydrogen) atoms. The number of carbonyl (C=O) groups excluding carboxylic acids is 1. The van der Waals surface area contributed by atoms with E-state index in [-0.39, 0.29) is 6.54 Å². The quantitative estimate of drug-likeness (QED) is 0.840. The molecule has 0 aliphatic carbocycles. The van der Waals surface area contributed by atoms with Crippen LogP contribution in [0.2, 0.25) is 0 Å². The number of aromatic nitrogens is 1. The summed E-state index contributed by atoms with van der Waals surface area (Å²) in [6.45, 7) is 13.6. The highest BCUT2D eigenvalue weighted by Crippen LogP contribution is 2.38. The monoisotopic (exact) mass is 350 g/mol. The summed E-state index contributed by atoms with van der Waals surface area (Å²) in [5.74, 6) is 0. The largest absolute Gasteiger partial charge is 0.492 e. The molecule has 8 heteroatoms. The van der Waals surface area contributed by atoms with Gasteiger partial charge in [0, 0.05) is 12.1 Å². The lowest BCUT2D eigenvalue weighted by Gasteiger charge is -2.32. The zero-order valence-corrected chi connectivity index (χ0v) is 16.0. The zero-order chi connectivity index (χ0) is 18.9. The molecule has 138 valence electrons. The second-order valence-corrected chi connectivity index (χ2v) is 8.12. The molecule has 1 aromatic rings. The summed E-state index contributed by atoms with van der Waals surface area (Å²) in [6, 6.07) is 0. The number of nitrogens with one attached hydrogen (secondary N) is 1. The molecule has 2 rings (SSSR count). The molecule has 1 aliphatic heterocycles. The topological polar surface area (TPSA) is 82.8 Å². The van der Waals surface area contributed by atoms with E-state index in [0.29, 0.717) is 0 Å². The standard InChI is InChI=1S/C17H27BN2O5/c1-15(2,3)23-14(21)19-10-13(8-12-9-20-22-11-12)18-24-16(4,5)17(6,7)25-18/h8-9,11H,10H2,1-7H3,(H,19,21). The minimum absolute atomic E-state index is 0.219. The number of alkyl carbamates (subject to hydrolysis) is 1. The van der Waals surface area contributed by atoms with E-state index < -0.39 is 30.0 Å². The third kappa shape index (κ3) is 5.09. The Morgan fingerprint density at radius 1 is 1.28 bits per heavy atom. The lowest BCUT2D eigenvalue weighted by molar-refractivity contribution is 0.00578. The van der Waals surface area contributed by atoms with E-state index in [0.717, 1.165) is 11.0 Å². The predicted molar refractivity (Wildman–Crippen MR) is 94.8 cm³/mol. The number of carbonyl (C=O) groups is 1. The van der Waals surface area contributed by atoms with Crippen molar-refractivity contribution in [1.82, 2.24) is 10.5 Å². The third-order valence-corrected chi connectivity index (χ3v) is 4.20.